The molecule has 0 amide bonds. The van der Waals surface area contributed by atoms with Crippen LogP contribution in [0.1, 0.15) is 11.3 Å². The van der Waals surface area contributed by atoms with Crippen LogP contribution in [-0.4, -0.2) is 12.1 Å². The molecule has 4 heteroatoms. The molecule has 0 spiro atoms. The molecule has 0 aliphatic carbocycles. The first-order valence-electron chi connectivity index (χ1n) is 9.14. The molecule has 0 radical (unpaired) electrons. The van der Waals surface area contributed by atoms with Gasteiger partial charge < -0.3 is 14.2 Å². The van der Waals surface area contributed by atoms with Crippen molar-refractivity contribution in [2.75, 3.05) is 7.11 Å². The Bertz CT molecular complexity index is 1080. The Morgan fingerprint density at radius 2 is 1.46 bits per heavy atom. The lowest BCUT2D eigenvalue weighted by molar-refractivity contribution is 0.284. The van der Waals surface area contributed by atoms with Crippen molar-refractivity contribution in [2.24, 2.45) is 0 Å². The molecule has 0 N–H and O–H groups in total. The van der Waals surface area contributed by atoms with E-state index in [1.807, 2.05) is 72.8 Å². The van der Waals surface area contributed by atoms with E-state index in [0.717, 1.165) is 39.4 Å². The van der Waals surface area contributed by atoms with Crippen LogP contribution in [0.4, 0.5) is 0 Å². The zero-order valence-electron chi connectivity index (χ0n) is 15.7. The first kappa shape index (κ1) is 17.9. The summed E-state index contributed by atoms with van der Waals surface area (Å²) in [5.41, 5.74) is 2.85. The minimum atomic E-state index is 0.404. The first-order valence-corrected chi connectivity index (χ1v) is 9.14. The van der Waals surface area contributed by atoms with Crippen molar-refractivity contribution < 1.29 is 14.2 Å². The highest BCUT2D eigenvalue weighted by Gasteiger charge is 2.05. The molecule has 0 saturated heterocycles. The average Bonchev–Trinajstić information content (AvgIpc) is 2.76. The van der Waals surface area contributed by atoms with Crippen LogP contribution in [0.15, 0.2) is 84.9 Å². The Morgan fingerprint density at radius 1 is 0.714 bits per heavy atom. The molecule has 0 bridgehead atoms. The number of hydrogen-bond donors (Lipinski definition) is 0. The van der Waals surface area contributed by atoms with Gasteiger partial charge in [0.2, 0.25) is 0 Å². The third-order valence-corrected chi connectivity index (χ3v) is 4.44. The van der Waals surface area contributed by atoms with E-state index in [4.69, 9.17) is 14.2 Å². The molecule has 1 heterocycles. The summed E-state index contributed by atoms with van der Waals surface area (Å²) in [7, 11) is 1.66. The second kappa shape index (κ2) is 8.44. The van der Waals surface area contributed by atoms with E-state index < -0.39 is 0 Å². The van der Waals surface area contributed by atoms with Crippen molar-refractivity contribution >= 4 is 10.9 Å². The van der Waals surface area contributed by atoms with Crippen molar-refractivity contribution in [3.8, 4) is 17.2 Å². The van der Waals surface area contributed by atoms with E-state index in [9.17, 15) is 0 Å². The number of methoxy groups -OCH3 is 1. The SMILES string of the molecule is COc1ccccc1COc1cccc(OCc2ccc3ccccc3n2)c1. The van der Waals surface area contributed by atoms with Crippen molar-refractivity contribution in [1.29, 1.82) is 0 Å². The van der Waals surface area contributed by atoms with Crippen molar-refractivity contribution in [1.82, 2.24) is 4.98 Å². The zero-order valence-corrected chi connectivity index (χ0v) is 15.7. The van der Waals surface area contributed by atoms with E-state index in [1.54, 1.807) is 7.11 Å². The van der Waals surface area contributed by atoms with E-state index in [1.165, 1.54) is 0 Å². The Labute approximate surface area is 164 Å². The maximum atomic E-state index is 5.91. The summed E-state index contributed by atoms with van der Waals surface area (Å²) in [6.07, 6.45) is 0. The molecule has 28 heavy (non-hydrogen) atoms. The number of aromatic nitrogens is 1. The largest absolute Gasteiger partial charge is 0.496 e. The Kier molecular flexibility index (Phi) is 5.38. The van der Waals surface area contributed by atoms with Crippen molar-refractivity contribution in [3.05, 3.63) is 96.2 Å². The highest BCUT2D eigenvalue weighted by atomic mass is 16.5. The number of ether oxygens (including phenoxy) is 3. The fourth-order valence-electron chi connectivity index (χ4n) is 2.98. The molecular weight excluding hydrogens is 350 g/mol. The number of hydrogen-bond acceptors (Lipinski definition) is 4. The summed E-state index contributed by atoms with van der Waals surface area (Å²) in [6.45, 7) is 0.834. The highest BCUT2D eigenvalue weighted by Crippen LogP contribution is 2.24. The van der Waals surface area contributed by atoms with Gasteiger partial charge in [0.15, 0.2) is 0 Å². The average molecular weight is 371 g/mol. The van der Waals surface area contributed by atoms with Crippen LogP contribution in [0.2, 0.25) is 0 Å². The van der Waals surface area contributed by atoms with Crippen molar-refractivity contribution in [2.45, 2.75) is 13.2 Å². The van der Waals surface area contributed by atoms with E-state index in [2.05, 4.69) is 17.1 Å². The summed E-state index contributed by atoms with van der Waals surface area (Å²) < 4.78 is 17.2. The zero-order chi connectivity index (χ0) is 19.2. The van der Waals surface area contributed by atoms with Crippen LogP contribution in [0.25, 0.3) is 10.9 Å². The maximum absolute atomic E-state index is 5.91. The predicted octanol–water partition coefficient (Wildman–Crippen LogP) is 5.40. The summed E-state index contributed by atoms with van der Waals surface area (Å²) in [6, 6.07) is 27.6. The second-order valence-electron chi connectivity index (χ2n) is 6.36. The number of benzene rings is 3. The lowest BCUT2D eigenvalue weighted by Gasteiger charge is -2.11. The van der Waals surface area contributed by atoms with Crippen LogP contribution in [-0.2, 0) is 13.2 Å². The van der Waals surface area contributed by atoms with Crippen molar-refractivity contribution in [3.63, 3.8) is 0 Å². The molecule has 0 saturated carbocycles. The fraction of sp³-hybridized carbons (Fsp3) is 0.125. The third kappa shape index (κ3) is 4.23. The summed E-state index contributed by atoms with van der Waals surface area (Å²) in [5.74, 6) is 2.31. The molecule has 4 nitrogen and oxygen atoms in total. The molecule has 0 unspecified atom stereocenters. The third-order valence-electron chi connectivity index (χ3n) is 4.44. The quantitative estimate of drug-likeness (QED) is 0.436. The van der Waals surface area contributed by atoms with Gasteiger partial charge in [-0.15, -0.1) is 0 Å². The number of para-hydroxylation sites is 2. The van der Waals surface area contributed by atoms with Gasteiger partial charge in [0.25, 0.3) is 0 Å². The van der Waals surface area contributed by atoms with Crippen LogP contribution in [0, 0.1) is 0 Å². The van der Waals surface area contributed by atoms with Gasteiger partial charge in [-0.25, -0.2) is 4.98 Å². The van der Waals surface area contributed by atoms with Gasteiger partial charge in [0.1, 0.15) is 30.5 Å². The van der Waals surface area contributed by atoms with E-state index >= 15 is 0 Å². The number of nitrogens with zero attached hydrogens (tertiary/aromatic N) is 1. The Balaban J connectivity index is 1.40. The minimum absolute atomic E-state index is 0.404. The van der Waals surface area contributed by atoms with Crippen LogP contribution in [0.5, 0.6) is 17.2 Å². The van der Waals surface area contributed by atoms with Gasteiger partial charge in [0.05, 0.1) is 18.3 Å². The normalized spacial score (nSPS) is 10.6. The predicted molar refractivity (Wildman–Crippen MR) is 110 cm³/mol. The molecule has 1 aromatic heterocycles. The smallest absolute Gasteiger partial charge is 0.130 e. The standard InChI is InChI=1S/C24H21NO3/c1-26-24-12-5-3-8-19(24)16-27-21-9-6-10-22(15-21)28-17-20-14-13-18-7-2-4-11-23(18)25-20/h2-15H,16-17H2,1H3. The molecule has 3 aromatic carbocycles. The van der Waals surface area contributed by atoms with Gasteiger partial charge in [-0.3, -0.25) is 0 Å². The van der Waals surface area contributed by atoms with Crippen LogP contribution < -0.4 is 14.2 Å². The Morgan fingerprint density at radius 3 is 2.32 bits per heavy atom. The lowest BCUT2D eigenvalue weighted by Crippen LogP contribution is -2.00. The van der Waals surface area contributed by atoms with Crippen LogP contribution in [0.3, 0.4) is 0 Å². The van der Waals surface area contributed by atoms with Crippen LogP contribution >= 0.6 is 0 Å². The Hall–Kier alpha value is -3.53. The molecule has 0 aliphatic heterocycles. The minimum Gasteiger partial charge on any atom is -0.496 e. The summed E-state index contributed by atoms with van der Waals surface area (Å²) in [5, 5.41) is 1.12. The summed E-state index contributed by atoms with van der Waals surface area (Å²) >= 11 is 0. The molecule has 0 fully saturated rings. The molecule has 0 atom stereocenters. The molecule has 0 aliphatic rings. The van der Waals surface area contributed by atoms with Gasteiger partial charge in [-0.05, 0) is 30.3 Å². The lowest BCUT2D eigenvalue weighted by atomic mass is 10.2. The number of pyridine rings is 1. The summed E-state index contributed by atoms with van der Waals surface area (Å²) in [4.78, 5) is 4.64. The van der Waals surface area contributed by atoms with E-state index in [-0.39, 0.29) is 0 Å². The van der Waals surface area contributed by atoms with E-state index in [0.29, 0.717) is 13.2 Å². The molecule has 140 valence electrons. The first-order chi connectivity index (χ1) is 13.8. The van der Waals surface area contributed by atoms with Gasteiger partial charge in [-0.1, -0.05) is 48.5 Å². The maximum Gasteiger partial charge on any atom is 0.130 e. The second-order valence-corrected chi connectivity index (χ2v) is 6.36. The monoisotopic (exact) mass is 371 g/mol. The molecular formula is C24H21NO3. The van der Waals surface area contributed by atoms with Gasteiger partial charge >= 0.3 is 0 Å². The molecule has 4 rings (SSSR count). The molecule has 4 aromatic rings. The van der Waals surface area contributed by atoms with Gasteiger partial charge in [-0.2, -0.15) is 0 Å². The highest BCUT2D eigenvalue weighted by molar-refractivity contribution is 5.78. The topological polar surface area (TPSA) is 40.6 Å². The fourth-order valence-corrected chi connectivity index (χ4v) is 2.98. The number of rotatable bonds is 7. The van der Waals surface area contributed by atoms with Gasteiger partial charge in [0, 0.05) is 17.0 Å². The number of fused-ring (bicyclic) bond motifs is 1.